The first-order valence-electron chi connectivity index (χ1n) is 12.9. The molecule has 0 radical (unpaired) electrons. The van der Waals surface area contributed by atoms with Crippen LogP contribution in [0.5, 0.6) is 0 Å². The number of anilines is 2. The lowest BCUT2D eigenvalue weighted by molar-refractivity contribution is 0.104. The molecule has 3 aromatic heterocycles. The number of hydrogen-bond acceptors (Lipinski definition) is 8. The van der Waals surface area contributed by atoms with E-state index >= 15 is 0 Å². The molecule has 8 heteroatoms. The normalized spacial score (nSPS) is 14.7. The third-order valence-electron chi connectivity index (χ3n) is 6.66. The summed E-state index contributed by atoms with van der Waals surface area (Å²) in [4.78, 5) is 27.8. The van der Waals surface area contributed by atoms with E-state index in [-0.39, 0.29) is 0 Å². The molecule has 1 aromatic carbocycles. The van der Waals surface area contributed by atoms with E-state index < -0.39 is 0 Å². The van der Waals surface area contributed by atoms with Gasteiger partial charge in [0, 0.05) is 63.3 Å². The molecule has 190 valence electrons. The van der Waals surface area contributed by atoms with E-state index in [1.165, 1.54) is 11.1 Å². The van der Waals surface area contributed by atoms with Crippen molar-refractivity contribution in [2.24, 2.45) is 0 Å². The van der Waals surface area contributed by atoms with E-state index in [0.717, 1.165) is 49.9 Å². The van der Waals surface area contributed by atoms with Crippen LogP contribution in [-0.2, 0) is 13.0 Å². The number of pyridine rings is 1. The van der Waals surface area contributed by atoms with Crippen LogP contribution in [0.4, 0.5) is 11.6 Å². The third-order valence-corrected chi connectivity index (χ3v) is 6.66. The van der Waals surface area contributed by atoms with E-state index in [1.807, 2.05) is 37.3 Å². The van der Waals surface area contributed by atoms with Crippen molar-refractivity contribution < 1.29 is 0 Å². The molecule has 0 saturated carbocycles. The maximum absolute atomic E-state index is 4.71. The average molecular weight is 495 g/mol. The van der Waals surface area contributed by atoms with Crippen LogP contribution >= 0.6 is 0 Å². The molecule has 4 heterocycles. The van der Waals surface area contributed by atoms with E-state index in [1.54, 1.807) is 12.4 Å². The van der Waals surface area contributed by atoms with Crippen LogP contribution < -0.4 is 5.32 Å². The molecule has 0 aliphatic carbocycles. The lowest BCUT2D eigenvalue weighted by atomic mass is 10.1. The van der Waals surface area contributed by atoms with E-state index in [9.17, 15) is 0 Å². The zero-order chi connectivity index (χ0) is 25.6. The molecule has 1 aliphatic rings. The first-order chi connectivity index (χ1) is 18.0. The van der Waals surface area contributed by atoms with Gasteiger partial charge in [-0.05, 0) is 56.2 Å². The lowest BCUT2D eigenvalue weighted by Crippen LogP contribution is -2.48. The van der Waals surface area contributed by atoms with Crippen LogP contribution in [0.2, 0.25) is 0 Å². The van der Waals surface area contributed by atoms with Crippen molar-refractivity contribution in [2.75, 3.05) is 31.5 Å². The second-order valence-corrected chi connectivity index (χ2v) is 9.81. The van der Waals surface area contributed by atoms with Crippen molar-refractivity contribution in [2.45, 2.75) is 39.8 Å². The first kappa shape index (κ1) is 24.9. The van der Waals surface area contributed by atoms with Crippen LogP contribution in [0.25, 0.3) is 11.5 Å². The Morgan fingerprint density at radius 2 is 1.49 bits per heavy atom. The van der Waals surface area contributed by atoms with Gasteiger partial charge in [0.15, 0.2) is 5.82 Å². The highest BCUT2D eigenvalue weighted by Crippen LogP contribution is 2.18. The summed E-state index contributed by atoms with van der Waals surface area (Å²) in [6.07, 6.45) is 4.17. The van der Waals surface area contributed by atoms with Gasteiger partial charge in [-0.2, -0.15) is 0 Å². The summed E-state index contributed by atoms with van der Waals surface area (Å²) in [5.74, 6) is 2.70. The minimum Gasteiger partial charge on any atom is -0.325 e. The Balaban J connectivity index is 1.19. The smallest absolute Gasteiger partial charge is 0.180 e. The predicted molar refractivity (Wildman–Crippen MR) is 147 cm³/mol. The predicted octanol–water partition coefficient (Wildman–Crippen LogP) is 4.50. The van der Waals surface area contributed by atoms with Crippen LogP contribution in [-0.4, -0.2) is 66.9 Å². The third kappa shape index (κ3) is 6.72. The minimum atomic E-state index is 0.574. The van der Waals surface area contributed by atoms with Crippen molar-refractivity contribution in [3.05, 3.63) is 89.6 Å². The van der Waals surface area contributed by atoms with Crippen molar-refractivity contribution in [1.82, 2.24) is 34.7 Å². The standard InChI is InChI=1S/C29H34N8/c1-21(2)37-17-15-36(16-18-37)20-24-9-7-23(8-10-24)19-28-30-13-11-26(34-28)33-27-12-14-31-29(35-27)25-6-4-5-22(3)32-25/h4-14,21H,15-20H2,1-3H3,(H,30,31,33,34,35). The molecule has 4 aromatic rings. The number of nitrogens with one attached hydrogen (secondary N) is 1. The van der Waals surface area contributed by atoms with Gasteiger partial charge in [-0.25, -0.2) is 24.9 Å². The van der Waals surface area contributed by atoms with Crippen LogP contribution in [0.15, 0.2) is 67.0 Å². The fraction of sp³-hybridized carbons (Fsp3) is 0.345. The number of benzene rings is 1. The highest BCUT2D eigenvalue weighted by Gasteiger charge is 2.18. The molecule has 1 N–H and O–H groups in total. The van der Waals surface area contributed by atoms with E-state index in [2.05, 4.69) is 73.2 Å². The van der Waals surface area contributed by atoms with Gasteiger partial charge in [0.1, 0.15) is 23.2 Å². The van der Waals surface area contributed by atoms with Crippen molar-refractivity contribution in [1.29, 1.82) is 0 Å². The van der Waals surface area contributed by atoms with Gasteiger partial charge in [-0.15, -0.1) is 0 Å². The Hall–Kier alpha value is -3.75. The zero-order valence-corrected chi connectivity index (χ0v) is 21.8. The quantitative estimate of drug-likeness (QED) is 0.383. The fourth-order valence-corrected chi connectivity index (χ4v) is 4.55. The summed E-state index contributed by atoms with van der Waals surface area (Å²) in [6.45, 7) is 12.1. The Morgan fingerprint density at radius 1 is 0.784 bits per heavy atom. The summed E-state index contributed by atoms with van der Waals surface area (Å²) in [7, 11) is 0. The van der Waals surface area contributed by atoms with Gasteiger partial charge in [0.2, 0.25) is 0 Å². The van der Waals surface area contributed by atoms with Crippen LogP contribution in [0.1, 0.15) is 36.5 Å². The van der Waals surface area contributed by atoms with Gasteiger partial charge in [0.25, 0.3) is 0 Å². The van der Waals surface area contributed by atoms with E-state index in [4.69, 9.17) is 4.98 Å². The highest BCUT2D eigenvalue weighted by atomic mass is 15.3. The maximum Gasteiger partial charge on any atom is 0.180 e. The van der Waals surface area contributed by atoms with Crippen molar-refractivity contribution in [3.8, 4) is 11.5 Å². The second-order valence-electron chi connectivity index (χ2n) is 9.81. The molecule has 8 nitrogen and oxygen atoms in total. The van der Waals surface area contributed by atoms with Crippen LogP contribution in [0.3, 0.4) is 0 Å². The molecule has 0 amide bonds. The zero-order valence-electron chi connectivity index (χ0n) is 21.8. The molecule has 1 fully saturated rings. The van der Waals surface area contributed by atoms with Crippen LogP contribution in [0, 0.1) is 6.92 Å². The van der Waals surface area contributed by atoms with Gasteiger partial charge in [-0.3, -0.25) is 9.80 Å². The maximum atomic E-state index is 4.71. The molecule has 1 aliphatic heterocycles. The van der Waals surface area contributed by atoms with Gasteiger partial charge in [0.05, 0.1) is 0 Å². The van der Waals surface area contributed by atoms with Gasteiger partial charge in [-0.1, -0.05) is 30.3 Å². The first-order valence-corrected chi connectivity index (χ1v) is 12.9. The monoisotopic (exact) mass is 494 g/mol. The minimum absolute atomic E-state index is 0.574. The lowest BCUT2D eigenvalue weighted by Gasteiger charge is -2.36. The molecular formula is C29H34N8. The SMILES string of the molecule is Cc1cccc(-c2nccc(Nc3ccnc(Cc4ccc(CN5CCN(C(C)C)CC5)cc4)n3)n2)n1. The molecule has 0 bridgehead atoms. The Bertz CT molecular complexity index is 1310. The Morgan fingerprint density at radius 3 is 2.22 bits per heavy atom. The summed E-state index contributed by atoms with van der Waals surface area (Å²) in [5.41, 5.74) is 4.21. The largest absolute Gasteiger partial charge is 0.325 e. The Labute approximate surface area is 218 Å². The number of rotatable bonds is 8. The molecule has 5 rings (SSSR count). The summed E-state index contributed by atoms with van der Waals surface area (Å²) in [5, 5.41) is 3.28. The molecular weight excluding hydrogens is 460 g/mol. The highest BCUT2D eigenvalue weighted by molar-refractivity contribution is 5.56. The van der Waals surface area contributed by atoms with Gasteiger partial charge < -0.3 is 5.32 Å². The average Bonchev–Trinajstić information content (AvgIpc) is 2.91. The van der Waals surface area contributed by atoms with E-state index in [0.29, 0.717) is 29.9 Å². The summed E-state index contributed by atoms with van der Waals surface area (Å²) >= 11 is 0. The number of aromatic nitrogens is 5. The molecule has 0 spiro atoms. The number of aryl methyl sites for hydroxylation is 1. The summed E-state index contributed by atoms with van der Waals surface area (Å²) in [6, 6.07) is 19.0. The van der Waals surface area contributed by atoms with Gasteiger partial charge >= 0.3 is 0 Å². The number of nitrogens with zero attached hydrogens (tertiary/aromatic N) is 7. The molecule has 0 atom stereocenters. The molecule has 1 saturated heterocycles. The number of piperazine rings is 1. The van der Waals surface area contributed by atoms with Crippen molar-refractivity contribution >= 4 is 11.6 Å². The second kappa shape index (κ2) is 11.5. The number of hydrogen-bond donors (Lipinski definition) is 1. The molecule has 37 heavy (non-hydrogen) atoms. The molecule has 0 unspecified atom stereocenters. The fourth-order valence-electron chi connectivity index (χ4n) is 4.55. The topological polar surface area (TPSA) is 83.0 Å². The summed E-state index contributed by atoms with van der Waals surface area (Å²) < 4.78 is 0. The Kier molecular flexibility index (Phi) is 7.77. The van der Waals surface area contributed by atoms with Crippen molar-refractivity contribution in [3.63, 3.8) is 0 Å².